The Hall–Kier alpha value is -2.89. The molecule has 1 atom stereocenters. The van der Waals surface area contributed by atoms with Gasteiger partial charge in [0.15, 0.2) is 9.84 Å². The van der Waals surface area contributed by atoms with Crippen LogP contribution in [0.3, 0.4) is 0 Å². The molecule has 2 aromatic rings. The van der Waals surface area contributed by atoms with Crippen LogP contribution in [0.25, 0.3) is 0 Å². The summed E-state index contributed by atoms with van der Waals surface area (Å²) in [5.41, 5.74) is 0.445. The van der Waals surface area contributed by atoms with Gasteiger partial charge in [-0.2, -0.15) is 13.2 Å². The van der Waals surface area contributed by atoms with Crippen molar-refractivity contribution < 1.29 is 36.2 Å². The first-order chi connectivity index (χ1) is 16.0. The number of hydrogen-bond acceptors (Lipinski definition) is 6. The lowest BCUT2D eigenvalue weighted by Crippen LogP contribution is -2.52. The maximum absolute atomic E-state index is 13.3. The van der Waals surface area contributed by atoms with Gasteiger partial charge in [-0.15, -0.1) is 6.58 Å². The van der Waals surface area contributed by atoms with Crippen molar-refractivity contribution in [1.82, 2.24) is 4.90 Å². The van der Waals surface area contributed by atoms with Gasteiger partial charge < -0.3 is 14.7 Å². The third kappa shape index (κ3) is 6.16. The van der Waals surface area contributed by atoms with E-state index < -0.39 is 39.5 Å². The highest BCUT2D eigenvalue weighted by Gasteiger charge is 2.33. The first kappa shape index (κ1) is 25.7. The highest BCUT2D eigenvalue weighted by Crippen LogP contribution is 2.31. The van der Waals surface area contributed by atoms with Crippen molar-refractivity contribution in [2.45, 2.75) is 23.1 Å². The molecule has 3 rings (SSSR count). The minimum Gasteiger partial charge on any atom is -0.480 e. The predicted octanol–water partition coefficient (Wildman–Crippen LogP) is 3.41. The SMILES string of the molecule is C=CC(N1CCN(c2ccc(C(F)(F)F)cc2)CC1)S(=O)(=O)c1cccc(COCC(=O)O)c1. The highest BCUT2D eigenvalue weighted by molar-refractivity contribution is 7.92. The number of sulfone groups is 1. The van der Waals surface area contributed by atoms with Crippen LogP contribution in [-0.2, 0) is 32.2 Å². The summed E-state index contributed by atoms with van der Waals surface area (Å²) in [5.74, 6) is -1.12. The van der Waals surface area contributed by atoms with Crippen molar-refractivity contribution >= 4 is 21.5 Å². The average Bonchev–Trinajstić information content (AvgIpc) is 2.79. The van der Waals surface area contributed by atoms with E-state index in [9.17, 15) is 26.4 Å². The zero-order valence-electron chi connectivity index (χ0n) is 18.2. The molecule has 11 heteroatoms. The van der Waals surface area contributed by atoms with E-state index in [1.54, 1.807) is 17.0 Å². The molecule has 0 amide bonds. The number of alkyl halides is 3. The summed E-state index contributed by atoms with van der Waals surface area (Å²) in [6, 6.07) is 11.0. The fourth-order valence-electron chi connectivity index (χ4n) is 3.78. The lowest BCUT2D eigenvalue weighted by molar-refractivity contribution is -0.142. The molecule has 34 heavy (non-hydrogen) atoms. The number of piperazine rings is 1. The Morgan fingerprint density at radius 1 is 1.12 bits per heavy atom. The Labute approximate surface area is 196 Å². The molecule has 0 radical (unpaired) electrons. The van der Waals surface area contributed by atoms with E-state index >= 15 is 0 Å². The van der Waals surface area contributed by atoms with Gasteiger partial charge in [0, 0.05) is 31.9 Å². The number of aliphatic carboxylic acids is 1. The van der Waals surface area contributed by atoms with E-state index in [1.165, 1.54) is 30.3 Å². The predicted molar refractivity (Wildman–Crippen MR) is 120 cm³/mol. The van der Waals surface area contributed by atoms with Crippen LogP contribution in [0.1, 0.15) is 11.1 Å². The molecule has 1 fully saturated rings. The summed E-state index contributed by atoms with van der Waals surface area (Å²) in [6.07, 6.45) is -3.04. The molecular weight excluding hydrogens is 473 g/mol. The van der Waals surface area contributed by atoms with E-state index in [4.69, 9.17) is 9.84 Å². The zero-order chi connectivity index (χ0) is 24.9. The van der Waals surface area contributed by atoms with Crippen molar-refractivity contribution in [2.24, 2.45) is 0 Å². The maximum atomic E-state index is 13.3. The van der Waals surface area contributed by atoms with Crippen molar-refractivity contribution in [2.75, 3.05) is 37.7 Å². The first-order valence-electron chi connectivity index (χ1n) is 10.4. The summed E-state index contributed by atoms with van der Waals surface area (Å²) in [5, 5.41) is 7.69. The van der Waals surface area contributed by atoms with Gasteiger partial charge in [-0.05, 0) is 42.0 Å². The molecule has 0 saturated carbocycles. The fourth-order valence-corrected chi connectivity index (χ4v) is 5.50. The third-order valence-corrected chi connectivity index (χ3v) is 7.51. The van der Waals surface area contributed by atoms with E-state index in [1.807, 2.05) is 4.90 Å². The standard InChI is InChI=1S/C23H25F3N2O5S/c1-2-21(34(31,32)20-5-3-4-17(14-20)15-33-16-22(29)30)28-12-10-27(11-13-28)19-8-6-18(7-9-19)23(24,25)26/h2-9,14,21H,1,10-13,15-16H2,(H,29,30). The minimum absolute atomic E-state index is 0.0414. The molecule has 2 aromatic carbocycles. The second-order valence-corrected chi connectivity index (χ2v) is 9.82. The largest absolute Gasteiger partial charge is 0.480 e. The van der Waals surface area contributed by atoms with Crippen LogP contribution in [-0.4, -0.2) is 62.6 Å². The Morgan fingerprint density at radius 2 is 1.76 bits per heavy atom. The van der Waals surface area contributed by atoms with Gasteiger partial charge in [0.1, 0.15) is 12.0 Å². The molecule has 0 aromatic heterocycles. The van der Waals surface area contributed by atoms with Crippen molar-refractivity contribution in [3.8, 4) is 0 Å². The van der Waals surface area contributed by atoms with Gasteiger partial charge in [0.05, 0.1) is 17.1 Å². The van der Waals surface area contributed by atoms with Gasteiger partial charge in [0.2, 0.25) is 0 Å². The summed E-state index contributed by atoms with van der Waals surface area (Å²) in [4.78, 5) is 14.3. The average molecular weight is 499 g/mol. The smallest absolute Gasteiger partial charge is 0.416 e. The minimum atomic E-state index is -4.40. The second kappa shape index (κ2) is 10.6. The quantitative estimate of drug-likeness (QED) is 0.530. The Kier molecular flexibility index (Phi) is 8.01. The highest BCUT2D eigenvalue weighted by atomic mass is 32.2. The number of carbonyl (C=O) groups is 1. The van der Waals surface area contributed by atoms with Crippen LogP contribution < -0.4 is 4.90 Å². The normalized spacial score (nSPS) is 16.3. The topological polar surface area (TPSA) is 87.2 Å². The fraction of sp³-hybridized carbons (Fsp3) is 0.348. The van der Waals surface area contributed by atoms with Gasteiger partial charge >= 0.3 is 12.1 Å². The molecule has 7 nitrogen and oxygen atoms in total. The number of halogens is 3. The molecule has 1 heterocycles. The second-order valence-electron chi connectivity index (χ2n) is 7.77. The Balaban J connectivity index is 1.68. The lowest BCUT2D eigenvalue weighted by Gasteiger charge is -2.39. The number of anilines is 1. The van der Waals surface area contributed by atoms with Gasteiger partial charge in [-0.1, -0.05) is 18.2 Å². The number of nitrogens with zero attached hydrogens (tertiary/aromatic N) is 2. The van der Waals surface area contributed by atoms with Gasteiger partial charge in [-0.3, -0.25) is 4.90 Å². The number of hydrogen-bond donors (Lipinski definition) is 1. The number of rotatable bonds is 9. The molecule has 0 spiro atoms. The lowest BCUT2D eigenvalue weighted by atomic mass is 10.1. The van der Waals surface area contributed by atoms with Crippen molar-refractivity contribution in [3.63, 3.8) is 0 Å². The third-order valence-electron chi connectivity index (χ3n) is 5.47. The number of ether oxygens (including phenoxy) is 1. The van der Waals surface area contributed by atoms with Crippen LogP contribution in [0.15, 0.2) is 66.1 Å². The molecule has 0 bridgehead atoms. The summed E-state index contributed by atoms with van der Waals surface area (Å²) < 4.78 is 70.0. The van der Waals surface area contributed by atoms with Crippen molar-refractivity contribution in [3.05, 3.63) is 72.3 Å². The van der Waals surface area contributed by atoms with E-state index in [0.29, 0.717) is 37.4 Å². The van der Waals surface area contributed by atoms with E-state index in [0.717, 1.165) is 12.1 Å². The molecule has 1 saturated heterocycles. The summed E-state index contributed by atoms with van der Waals surface area (Å²) >= 11 is 0. The van der Waals surface area contributed by atoms with Crippen LogP contribution in [0.4, 0.5) is 18.9 Å². The number of carboxylic acid groups (broad SMARTS) is 1. The van der Waals surface area contributed by atoms with Crippen molar-refractivity contribution in [1.29, 1.82) is 0 Å². The Bertz CT molecular complexity index is 1110. The van der Waals surface area contributed by atoms with Crippen LogP contribution in [0.5, 0.6) is 0 Å². The van der Waals surface area contributed by atoms with Crippen LogP contribution >= 0.6 is 0 Å². The molecule has 184 valence electrons. The van der Waals surface area contributed by atoms with Gasteiger partial charge in [0.25, 0.3) is 0 Å². The van der Waals surface area contributed by atoms with E-state index in [-0.39, 0.29) is 11.5 Å². The molecule has 1 aliphatic rings. The number of carboxylic acids is 1. The Morgan fingerprint density at radius 3 is 2.32 bits per heavy atom. The van der Waals surface area contributed by atoms with E-state index in [2.05, 4.69) is 6.58 Å². The molecule has 1 N–H and O–H groups in total. The first-order valence-corrected chi connectivity index (χ1v) is 12.0. The molecular formula is C23H25F3N2O5S. The monoisotopic (exact) mass is 498 g/mol. The summed E-state index contributed by atoms with van der Waals surface area (Å²) in [6.45, 7) is 4.79. The van der Waals surface area contributed by atoms with Crippen LogP contribution in [0.2, 0.25) is 0 Å². The number of benzene rings is 2. The molecule has 1 unspecified atom stereocenters. The van der Waals surface area contributed by atoms with Gasteiger partial charge in [-0.25, -0.2) is 13.2 Å². The zero-order valence-corrected chi connectivity index (χ0v) is 19.1. The maximum Gasteiger partial charge on any atom is 0.416 e. The molecule has 1 aliphatic heterocycles. The molecule has 0 aliphatic carbocycles. The summed E-state index contributed by atoms with van der Waals surface area (Å²) in [7, 11) is -3.83. The van der Waals surface area contributed by atoms with Crippen LogP contribution in [0, 0.1) is 0 Å².